The van der Waals surface area contributed by atoms with Crippen molar-refractivity contribution in [3.05, 3.63) is 63.7 Å². The Kier molecular flexibility index (Phi) is 3.90. The van der Waals surface area contributed by atoms with Crippen molar-refractivity contribution >= 4 is 17.2 Å². The fourth-order valence-electron chi connectivity index (χ4n) is 3.21. The van der Waals surface area contributed by atoms with Crippen LogP contribution in [0, 0.1) is 6.92 Å². The second kappa shape index (κ2) is 6.20. The summed E-state index contributed by atoms with van der Waals surface area (Å²) < 4.78 is 1.89. The summed E-state index contributed by atoms with van der Waals surface area (Å²) in [5.41, 5.74) is 3.28. The number of fused-ring (bicyclic) bond motifs is 1. The van der Waals surface area contributed by atoms with Gasteiger partial charge in [0.2, 0.25) is 0 Å². The molecule has 1 amide bonds. The van der Waals surface area contributed by atoms with E-state index in [9.17, 15) is 4.79 Å². The predicted molar refractivity (Wildman–Crippen MR) is 93.6 cm³/mol. The molecule has 1 N–H and O–H groups in total. The van der Waals surface area contributed by atoms with Crippen molar-refractivity contribution in [3.63, 3.8) is 0 Å². The van der Waals surface area contributed by atoms with E-state index in [2.05, 4.69) is 15.4 Å². The van der Waals surface area contributed by atoms with Gasteiger partial charge in [-0.3, -0.25) is 4.79 Å². The van der Waals surface area contributed by atoms with Crippen LogP contribution in [0.2, 0.25) is 0 Å². The van der Waals surface area contributed by atoms with Crippen molar-refractivity contribution in [3.8, 4) is 5.82 Å². The van der Waals surface area contributed by atoms with Crippen LogP contribution in [-0.4, -0.2) is 20.7 Å². The normalized spacial score (nSPS) is 16.6. The first-order valence-electron chi connectivity index (χ1n) is 8.07. The maximum absolute atomic E-state index is 12.5. The van der Waals surface area contributed by atoms with Crippen molar-refractivity contribution in [2.24, 2.45) is 0 Å². The van der Waals surface area contributed by atoms with Crippen LogP contribution in [0.25, 0.3) is 5.82 Å². The molecule has 6 heteroatoms. The third-order valence-electron chi connectivity index (χ3n) is 4.42. The zero-order chi connectivity index (χ0) is 16.5. The maximum atomic E-state index is 12.5. The van der Waals surface area contributed by atoms with Gasteiger partial charge in [-0.25, -0.2) is 9.67 Å². The van der Waals surface area contributed by atoms with Crippen molar-refractivity contribution in [1.82, 2.24) is 20.1 Å². The van der Waals surface area contributed by atoms with Crippen LogP contribution in [0.4, 0.5) is 0 Å². The van der Waals surface area contributed by atoms with Crippen LogP contribution in [0.1, 0.15) is 45.4 Å². The van der Waals surface area contributed by atoms with E-state index in [0.717, 1.165) is 46.8 Å². The van der Waals surface area contributed by atoms with E-state index < -0.39 is 0 Å². The quantitative estimate of drug-likeness (QED) is 0.796. The molecule has 1 aliphatic carbocycles. The molecule has 3 aromatic heterocycles. The molecule has 0 saturated heterocycles. The molecule has 5 nitrogen and oxygen atoms in total. The van der Waals surface area contributed by atoms with Crippen molar-refractivity contribution < 1.29 is 4.79 Å². The van der Waals surface area contributed by atoms with Gasteiger partial charge in [0.1, 0.15) is 0 Å². The van der Waals surface area contributed by atoms with E-state index in [1.54, 1.807) is 6.20 Å². The first-order chi connectivity index (χ1) is 11.7. The summed E-state index contributed by atoms with van der Waals surface area (Å²) >= 11 is 1.49. The Morgan fingerprint density at radius 3 is 3.04 bits per heavy atom. The van der Waals surface area contributed by atoms with Gasteiger partial charge in [-0.15, -0.1) is 11.3 Å². The van der Waals surface area contributed by atoms with Gasteiger partial charge >= 0.3 is 0 Å². The molecule has 3 heterocycles. The highest BCUT2D eigenvalue weighted by atomic mass is 32.1. The number of hydrogen-bond acceptors (Lipinski definition) is 4. The SMILES string of the molecule is Cc1ccsc1C(=O)N[C@H]1CCCc2c1cnn2-c1ccccn1. The second-order valence-corrected chi connectivity index (χ2v) is 6.91. The number of amides is 1. The van der Waals surface area contributed by atoms with Crippen molar-refractivity contribution in [2.45, 2.75) is 32.2 Å². The number of carbonyl (C=O) groups excluding carboxylic acids is 1. The molecule has 3 aromatic rings. The molecule has 0 spiro atoms. The van der Waals surface area contributed by atoms with E-state index in [1.807, 2.05) is 47.4 Å². The molecule has 0 saturated carbocycles. The largest absolute Gasteiger partial charge is 0.344 e. The standard InChI is InChI=1S/C18H18N4OS/c1-12-8-10-24-17(12)18(23)21-14-5-4-6-15-13(14)11-20-22(15)16-7-2-3-9-19-16/h2-3,7-11,14H,4-6H2,1H3,(H,21,23)/t14-/m0/s1. The van der Waals surface area contributed by atoms with E-state index in [4.69, 9.17) is 0 Å². The zero-order valence-corrected chi connectivity index (χ0v) is 14.2. The fraction of sp³-hybridized carbons (Fsp3) is 0.278. The van der Waals surface area contributed by atoms with Crippen LogP contribution in [-0.2, 0) is 6.42 Å². The minimum absolute atomic E-state index is 0.00550. The molecular weight excluding hydrogens is 320 g/mol. The molecule has 0 unspecified atom stereocenters. The molecule has 1 atom stereocenters. The molecule has 0 aliphatic heterocycles. The molecule has 1 aliphatic rings. The Balaban J connectivity index is 1.62. The molecule has 4 rings (SSSR count). The maximum Gasteiger partial charge on any atom is 0.262 e. The van der Waals surface area contributed by atoms with Gasteiger partial charge in [-0.2, -0.15) is 5.10 Å². The van der Waals surface area contributed by atoms with Crippen molar-refractivity contribution in [2.75, 3.05) is 0 Å². The van der Waals surface area contributed by atoms with E-state index >= 15 is 0 Å². The molecule has 122 valence electrons. The molecule has 0 bridgehead atoms. The zero-order valence-electron chi connectivity index (χ0n) is 13.4. The highest BCUT2D eigenvalue weighted by molar-refractivity contribution is 7.12. The first-order valence-corrected chi connectivity index (χ1v) is 8.95. The number of carbonyl (C=O) groups is 1. The van der Waals surface area contributed by atoms with Gasteiger partial charge < -0.3 is 5.32 Å². The lowest BCUT2D eigenvalue weighted by Crippen LogP contribution is -2.30. The van der Waals surface area contributed by atoms with Gasteiger partial charge in [-0.1, -0.05) is 6.07 Å². The third kappa shape index (κ3) is 2.63. The van der Waals surface area contributed by atoms with Crippen LogP contribution < -0.4 is 5.32 Å². The summed E-state index contributed by atoms with van der Waals surface area (Å²) in [6, 6.07) is 7.79. The lowest BCUT2D eigenvalue weighted by atomic mass is 9.93. The Bertz CT molecular complexity index is 868. The molecule has 24 heavy (non-hydrogen) atoms. The van der Waals surface area contributed by atoms with Gasteiger partial charge in [0.05, 0.1) is 22.8 Å². The van der Waals surface area contributed by atoms with Crippen LogP contribution in [0.3, 0.4) is 0 Å². The fourth-order valence-corrected chi connectivity index (χ4v) is 4.04. The number of nitrogens with zero attached hydrogens (tertiary/aromatic N) is 3. The average Bonchev–Trinajstić information content (AvgIpc) is 3.22. The number of pyridine rings is 1. The smallest absolute Gasteiger partial charge is 0.262 e. The molecule has 0 radical (unpaired) electrons. The predicted octanol–water partition coefficient (Wildman–Crippen LogP) is 3.44. The van der Waals surface area contributed by atoms with Crippen molar-refractivity contribution in [1.29, 1.82) is 0 Å². The Hall–Kier alpha value is -2.47. The van der Waals surface area contributed by atoms with E-state index in [1.165, 1.54) is 11.3 Å². The first kappa shape index (κ1) is 15.1. The van der Waals surface area contributed by atoms with E-state index in [0.29, 0.717) is 0 Å². The monoisotopic (exact) mass is 338 g/mol. The Morgan fingerprint density at radius 2 is 2.29 bits per heavy atom. The molecule has 0 fully saturated rings. The number of hydrogen-bond donors (Lipinski definition) is 1. The van der Waals surface area contributed by atoms with Crippen LogP contribution >= 0.6 is 11.3 Å². The second-order valence-electron chi connectivity index (χ2n) is 6.00. The highest BCUT2D eigenvalue weighted by Crippen LogP contribution is 2.31. The minimum Gasteiger partial charge on any atom is -0.344 e. The van der Waals surface area contributed by atoms with Crippen LogP contribution in [0.5, 0.6) is 0 Å². The van der Waals surface area contributed by atoms with Gasteiger partial charge in [0.25, 0.3) is 5.91 Å². The number of aryl methyl sites for hydroxylation is 1. The lowest BCUT2D eigenvalue weighted by molar-refractivity contribution is 0.0936. The number of rotatable bonds is 3. The summed E-state index contributed by atoms with van der Waals surface area (Å²) in [7, 11) is 0. The molecular formula is C18H18N4OS. The molecule has 0 aromatic carbocycles. The average molecular weight is 338 g/mol. The number of nitrogens with one attached hydrogen (secondary N) is 1. The number of thiophene rings is 1. The van der Waals surface area contributed by atoms with E-state index in [-0.39, 0.29) is 11.9 Å². The Morgan fingerprint density at radius 1 is 1.38 bits per heavy atom. The Labute approximate surface area is 144 Å². The number of aromatic nitrogens is 3. The summed E-state index contributed by atoms with van der Waals surface area (Å²) in [6.07, 6.45) is 6.56. The van der Waals surface area contributed by atoms with Crippen LogP contribution in [0.15, 0.2) is 42.0 Å². The summed E-state index contributed by atoms with van der Waals surface area (Å²) in [5, 5.41) is 9.65. The third-order valence-corrected chi connectivity index (χ3v) is 5.44. The highest BCUT2D eigenvalue weighted by Gasteiger charge is 2.27. The summed E-state index contributed by atoms with van der Waals surface area (Å²) in [4.78, 5) is 17.7. The lowest BCUT2D eigenvalue weighted by Gasteiger charge is -2.24. The minimum atomic E-state index is 0.00550. The van der Waals surface area contributed by atoms with Gasteiger partial charge in [-0.05, 0) is 55.3 Å². The summed E-state index contributed by atoms with van der Waals surface area (Å²) in [6.45, 7) is 1.97. The van der Waals surface area contributed by atoms with Gasteiger partial charge in [0, 0.05) is 11.8 Å². The van der Waals surface area contributed by atoms with Gasteiger partial charge in [0.15, 0.2) is 5.82 Å². The summed E-state index contributed by atoms with van der Waals surface area (Å²) in [5.74, 6) is 0.825. The topological polar surface area (TPSA) is 59.8 Å².